The SMILES string of the molecule is CCCCN(CCCC)c1ccc(C=CC(=O)c2ccccc2CN(C)C)cc1. The van der Waals surface area contributed by atoms with Gasteiger partial charge >= 0.3 is 0 Å². The van der Waals surface area contributed by atoms with Gasteiger partial charge in [0.25, 0.3) is 0 Å². The Kier molecular flexibility index (Phi) is 9.66. The predicted molar refractivity (Wildman–Crippen MR) is 126 cm³/mol. The maximum Gasteiger partial charge on any atom is 0.186 e. The maximum atomic E-state index is 12.7. The number of allylic oxidation sites excluding steroid dienone is 1. The smallest absolute Gasteiger partial charge is 0.186 e. The molecule has 2 rings (SSSR count). The molecule has 0 radical (unpaired) electrons. The number of hydrogen-bond acceptors (Lipinski definition) is 3. The van der Waals surface area contributed by atoms with E-state index in [4.69, 9.17) is 0 Å². The molecule has 0 N–H and O–H groups in total. The Labute approximate surface area is 177 Å². The van der Waals surface area contributed by atoms with E-state index >= 15 is 0 Å². The highest BCUT2D eigenvalue weighted by Gasteiger charge is 2.09. The van der Waals surface area contributed by atoms with E-state index in [1.54, 1.807) is 6.08 Å². The number of rotatable bonds is 12. The summed E-state index contributed by atoms with van der Waals surface area (Å²) >= 11 is 0. The van der Waals surface area contributed by atoms with Gasteiger partial charge in [-0.25, -0.2) is 0 Å². The van der Waals surface area contributed by atoms with E-state index < -0.39 is 0 Å². The molecule has 29 heavy (non-hydrogen) atoms. The average Bonchev–Trinajstić information content (AvgIpc) is 2.72. The molecule has 3 nitrogen and oxygen atoms in total. The molecule has 2 aromatic rings. The number of unbranched alkanes of at least 4 members (excludes halogenated alkanes) is 2. The third kappa shape index (κ3) is 7.51. The number of nitrogens with zero attached hydrogens (tertiary/aromatic N) is 2. The standard InChI is InChI=1S/C26H36N2O/c1-5-7-19-28(20-8-6-2)24-16-13-22(14-17-24)15-18-26(29)25-12-10-9-11-23(25)21-27(3)4/h9-18H,5-8,19-21H2,1-4H3. The number of benzene rings is 2. The van der Waals surface area contributed by atoms with Crippen LogP contribution in [0.15, 0.2) is 54.6 Å². The van der Waals surface area contributed by atoms with Crippen molar-refractivity contribution >= 4 is 17.5 Å². The lowest BCUT2D eigenvalue weighted by Gasteiger charge is -2.24. The van der Waals surface area contributed by atoms with E-state index in [-0.39, 0.29) is 5.78 Å². The Morgan fingerprint density at radius 1 is 0.897 bits per heavy atom. The highest BCUT2D eigenvalue weighted by molar-refractivity contribution is 6.07. The Balaban J connectivity index is 2.08. The van der Waals surface area contributed by atoms with Crippen LogP contribution in [0.2, 0.25) is 0 Å². The van der Waals surface area contributed by atoms with Crippen molar-refractivity contribution in [2.75, 3.05) is 32.1 Å². The van der Waals surface area contributed by atoms with Crippen LogP contribution in [0.4, 0.5) is 5.69 Å². The molecule has 0 aliphatic heterocycles. The summed E-state index contributed by atoms with van der Waals surface area (Å²) in [4.78, 5) is 17.3. The lowest BCUT2D eigenvalue weighted by atomic mass is 10.0. The zero-order valence-corrected chi connectivity index (χ0v) is 18.5. The lowest BCUT2D eigenvalue weighted by molar-refractivity contribution is 0.104. The van der Waals surface area contributed by atoms with E-state index in [0.717, 1.165) is 36.3 Å². The lowest BCUT2D eigenvalue weighted by Crippen LogP contribution is -2.25. The van der Waals surface area contributed by atoms with E-state index in [1.165, 1.54) is 31.4 Å². The summed E-state index contributed by atoms with van der Waals surface area (Å²) in [5.74, 6) is 0.0547. The molecule has 0 aromatic heterocycles. The fourth-order valence-electron chi connectivity index (χ4n) is 3.37. The minimum absolute atomic E-state index is 0.0547. The van der Waals surface area contributed by atoms with Crippen LogP contribution in [0.25, 0.3) is 6.08 Å². The van der Waals surface area contributed by atoms with Gasteiger partial charge in [0.1, 0.15) is 0 Å². The van der Waals surface area contributed by atoms with Crippen molar-refractivity contribution in [3.8, 4) is 0 Å². The van der Waals surface area contributed by atoms with Crippen molar-refractivity contribution in [1.82, 2.24) is 4.90 Å². The number of hydrogen-bond donors (Lipinski definition) is 0. The van der Waals surface area contributed by atoms with Crippen LogP contribution in [-0.4, -0.2) is 37.9 Å². The summed E-state index contributed by atoms with van der Waals surface area (Å²) in [7, 11) is 4.03. The van der Waals surface area contributed by atoms with Gasteiger partial charge in [0.2, 0.25) is 0 Å². The van der Waals surface area contributed by atoms with Gasteiger partial charge in [-0.2, -0.15) is 0 Å². The second-order valence-corrected chi connectivity index (χ2v) is 7.88. The molecule has 2 aromatic carbocycles. The molecule has 0 aliphatic carbocycles. The summed E-state index contributed by atoms with van der Waals surface area (Å²) < 4.78 is 0. The summed E-state index contributed by atoms with van der Waals surface area (Å²) in [6, 6.07) is 16.4. The van der Waals surface area contributed by atoms with Crippen LogP contribution >= 0.6 is 0 Å². The second kappa shape index (κ2) is 12.2. The Hall–Kier alpha value is -2.39. The molecule has 0 spiro atoms. The van der Waals surface area contributed by atoms with E-state index in [1.807, 2.05) is 44.4 Å². The molecular formula is C26H36N2O. The number of anilines is 1. The van der Waals surface area contributed by atoms with Gasteiger partial charge in [-0.3, -0.25) is 4.79 Å². The van der Waals surface area contributed by atoms with Gasteiger partial charge in [0, 0.05) is 30.9 Å². The van der Waals surface area contributed by atoms with Crippen LogP contribution in [0.1, 0.15) is 61.0 Å². The molecule has 0 unspecified atom stereocenters. The van der Waals surface area contributed by atoms with Crippen molar-refractivity contribution in [3.05, 3.63) is 71.3 Å². The highest BCUT2D eigenvalue weighted by atomic mass is 16.1. The normalized spacial score (nSPS) is 11.3. The summed E-state index contributed by atoms with van der Waals surface area (Å²) in [6.45, 7) is 7.44. The fraction of sp³-hybridized carbons (Fsp3) is 0.423. The van der Waals surface area contributed by atoms with Gasteiger partial charge in [-0.05, 0) is 56.3 Å². The van der Waals surface area contributed by atoms with Crippen molar-refractivity contribution in [2.45, 2.75) is 46.1 Å². The van der Waals surface area contributed by atoms with E-state index in [0.29, 0.717) is 0 Å². The molecule has 0 fully saturated rings. The Morgan fingerprint density at radius 3 is 2.10 bits per heavy atom. The first-order valence-electron chi connectivity index (χ1n) is 10.8. The largest absolute Gasteiger partial charge is 0.372 e. The first kappa shape index (κ1) is 22.9. The van der Waals surface area contributed by atoms with E-state index in [2.05, 4.69) is 47.9 Å². The Morgan fingerprint density at radius 2 is 1.52 bits per heavy atom. The van der Waals surface area contributed by atoms with Crippen molar-refractivity contribution in [1.29, 1.82) is 0 Å². The summed E-state index contributed by atoms with van der Waals surface area (Å²) in [5.41, 5.74) is 4.16. The molecule has 0 aliphatic rings. The molecule has 0 atom stereocenters. The Bertz CT molecular complexity index is 770. The van der Waals surface area contributed by atoms with Gasteiger partial charge < -0.3 is 9.80 Å². The highest BCUT2D eigenvalue weighted by Crippen LogP contribution is 2.18. The topological polar surface area (TPSA) is 23.6 Å². The van der Waals surface area contributed by atoms with Gasteiger partial charge in [-0.1, -0.05) is 69.2 Å². The quantitative estimate of drug-likeness (QED) is 0.324. The van der Waals surface area contributed by atoms with Crippen LogP contribution < -0.4 is 4.90 Å². The minimum Gasteiger partial charge on any atom is -0.372 e. The van der Waals surface area contributed by atoms with Crippen molar-refractivity contribution in [2.24, 2.45) is 0 Å². The molecule has 0 bridgehead atoms. The van der Waals surface area contributed by atoms with Gasteiger partial charge in [-0.15, -0.1) is 0 Å². The second-order valence-electron chi connectivity index (χ2n) is 7.88. The number of ketones is 1. The third-order valence-electron chi connectivity index (χ3n) is 5.02. The van der Waals surface area contributed by atoms with Crippen molar-refractivity contribution < 1.29 is 4.79 Å². The molecule has 0 amide bonds. The average molecular weight is 393 g/mol. The first-order valence-corrected chi connectivity index (χ1v) is 10.8. The molecule has 3 heteroatoms. The molecule has 0 saturated heterocycles. The number of carbonyl (C=O) groups excluding carboxylic acids is 1. The molecule has 156 valence electrons. The molecule has 0 heterocycles. The molecule has 0 saturated carbocycles. The van der Waals surface area contributed by atoms with Crippen LogP contribution in [-0.2, 0) is 6.54 Å². The van der Waals surface area contributed by atoms with Crippen molar-refractivity contribution in [3.63, 3.8) is 0 Å². The van der Waals surface area contributed by atoms with Crippen LogP contribution in [0, 0.1) is 0 Å². The third-order valence-corrected chi connectivity index (χ3v) is 5.02. The maximum absolute atomic E-state index is 12.7. The summed E-state index contributed by atoms with van der Waals surface area (Å²) in [5, 5.41) is 0. The fourth-order valence-corrected chi connectivity index (χ4v) is 3.37. The zero-order chi connectivity index (χ0) is 21.1. The first-order chi connectivity index (χ1) is 14.0. The minimum atomic E-state index is 0.0547. The van der Waals surface area contributed by atoms with Gasteiger partial charge in [0.05, 0.1) is 0 Å². The predicted octanol–water partition coefficient (Wildman–Crippen LogP) is 6.05. The zero-order valence-electron chi connectivity index (χ0n) is 18.5. The molecular weight excluding hydrogens is 356 g/mol. The van der Waals surface area contributed by atoms with E-state index in [9.17, 15) is 4.79 Å². The number of carbonyl (C=O) groups is 1. The van der Waals surface area contributed by atoms with Crippen LogP contribution in [0.5, 0.6) is 0 Å². The van der Waals surface area contributed by atoms with Gasteiger partial charge in [0.15, 0.2) is 5.78 Å². The van der Waals surface area contributed by atoms with Crippen LogP contribution in [0.3, 0.4) is 0 Å². The summed E-state index contributed by atoms with van der Waals surface area (Å²) in [6.07, 6.45) is 8.45. The monoisotopic (exact) mass is 392 g/mol.